The lowest BCUT2D eigenvalue weighted by Crippen LogP contribution is -2.25. The summed E-state index contributed by atoms with van der Waals surface area (Å²) in [5.74, 6) is 1.56. The molecule has 0 radical (unpaired) electrons. The van der Waals surface area contributed by atoms with Crippen LogP contribution in [0.25, 0.3) is 0 Å². The van der Waals surface area contributed by atoms with Crippen molar-refractivity contribution >= 4 is 17.3 Å². The van der Waals surface area contributed by atoms with Crippen molar-refractivity contribution in [3.63, 3.8) is 0 Å². The molecule has 0 saturated heterocycles. The zero-order valence-corrected chi connectivity index (χ0v) is 12.0. The lowest BCUT2D eigenvalue weighted by Gasteiger charge is -2.14. The highest BCUT2D eigenvalue weighted by atomic mass is 35.5. The standard InChI is InChI=1S/C13H16ClN3O3/c1-8-3-4-11(20-8)9(2)16-10-7-15-17(5-6-18)13(19)12(10)14/h3-4,7,9,16,18H,5-6H2,1-2H3. The number of nitrogens with zero attached hydrogens (tertiary/aromatic N) is 2. The Morgan fingerprint density at radius 2 is 2.30 bits per heavy atom. The molecule has 0 aliphatic rings. The van der Waals surface area contributed by atoms with Crippen LogP contribution >= 0.6 is 11.6 Å². The van der Waals surface area contributed by atoms with Gasteiger partial charge in [0, 0.05) is 0 Å². The summed E-state index contributed by atoms with van der Waals surface area (Å²) >= 11 is 6.02. The molecule has 0 spiro atoms. The van der Waals surface area contributed by atoms with Crippen molar-refractivity contribution in [2.45, 2.75) is 26.4 Å². The molecular formula is C13H16ClN3O3. The zero-order chi connectivity index (χ0) is 14.7. The third-order valence-corrected chi connectivity index (χ3v) is 3.22. The quantitative estimate of drug-likeness (QED) is 0.882. The van der Waals surface area contributed by atoms with Crippen molar-refractivity contribution in [3.8, 4) is 0 Å². The first-order valence-corrected chi connectivity index (χ1v) is 6.60. The predicted octanol–water partition coefficient (Wildman–Crippen LogP) is 1.96. The molecule has 108 valence electrons. The first kappa shape index (κ1) is 14.6. The van der Waals surface area contributed by atoms with E-state index < -0.39 is 5.56 Å². The first-order valence-electron chi connectivity index (χ1n) is 6.22. The molecule has 2 N–H and O–H groups in total. The number of aliphatic hydroxyl groups excluding tert-OH is 1. The molecule has 2 aromatic rings. The molecular weight excluding hydrogens is 282 g/mol. The highest BCUT2D eigenvalue weighted by Gasteiger charge is 2.14. The van der Waals surface area contributed by atoms with Gasteiger partial charge in [0.25, 0.3) is 5.56 Å². The lowest BCUT2D eigenvalue weighted by atomic mass is 10.2. The smallest absolute Gasteiger partial charge is 0.287 e. The highest BCUT2D eigenvalue weighted by molar-refractivity contribution is 6.32. The molecule has 1 unspecified atom stereocenters. The van der Waals surface area contributed by atoms with Crippen LogP contribution in [-0.2, 0) is 6.54 Å². The predicted molar refractivity (Wildman–Crippen MR) is 76.1 cm³/mol. The fourth-order valence-electron chi connectivity index (χ4n) is 1.81. The SMILES string of the molecule is Cc1ccc(C(C)Nc2cnn(CCO)c(=O)c2Cl)o1. The summed E-state index contributed by atoms with van der Waals surface area (Å²) < 4.78 is 6.63. The van der Waals surface area contributed by atoms with E-state index in [1.165, 1.54) is 6.20 Å². The Labute approximate surface area is 121 Å². The van der Waals surface area contributed by atoms with Crippen LogP contribution in [0.1, 0.15) is 24.5 Å². The molecule has 2 aromatic heterocycles. The van der Waals surface area contributed by atoms with Gasteiger partial charge in [-0.15, -0.1) is 0 Å². The van der Waals surface area contributed by atoms with Gasteiger partial charge in [-0.05, 0) is 26.0 Å². The van der Waals surface area contributed by atoms with Gasteiger partial charge in [0.2, 0.25) is 0 Å². The number of nitrogens with one attached hydrogen (secondary N) is 1. The Kier molecular flexibility index (Phi) is 4.46. The Bertz CT molecular complexity index is 651. The number of furan rings is 1. The zero-order valence-electron chi connectivity index (χ0n) is 11.3. The van der Waals surface area contributed by atoms with E-state index in [-0.39, 0.29) is 24.2 Å². The number of aromatic nitrogens is 2. The second kappa shape index (κ2) is 6.11. The second-order valence-corrected chi connectivity index (χ2v) is 4.82. The molecule has 6 nitrogen and oxygen atoms in total. The van der Waals surface area contributed by atoms with Gasteiger partial charge in [0.05, 0.1) is 31.1 Å². The molecule has 0 fully saturated rings. The largest absolute Gasteiger partial charge is 0.464 e. The Morgan fingerprint density at radius 1 is 1.55 bits per heavy atom. The number of rotatable bonds is 5. The fourth-order valence-corrected chi connectivity index (χ4v) is 2.01. The average molecular weight is 298 g/mol. The van der Waals surface area contributed by atoms with Crippen molar-refractivity contribution in [2.75, 3.05) is 11.9 Å². The van der Waals surface area contributed by atoms with Crippen LogP contribution in [-0.4, -0.2) is 21.5 Å². The van der Waals surface area contributed by atoms with E-state index >= 15 is 0 Å². The maximum Gasteiger partial charge on any atom is 0.287 e. The van der Waals surface area contributed by atoms with Gasteiger partial charge in [-0.3, -0.25) is 4.79 Å². The normalized spacial score (nSPS) is 12.4. The molecule has 0 aliphatic carbocycles. The summed E-state index contributed by atoms with van der Waals surface area (Å²) in [6.45, 7) is 3.71. The van der Waals surface area contributed by atoms with E-state index in [2.05, 4.69) is 10.4 Å². The van der Waals surface area contributed by atoms with Gasteiger partial charge < -0.3 is 14.8 Å². The molecule has 0 saturated carbocycles. The Morgan fingerprint density at radius 3 is 2.90 bits per heavy atom. The van der Waals surface area contributed by atoms with Crippen LogP contribution in [0.5, 0.6) is 0 Å². The van der Waals surface area contributed by atoms with Gasteiger partial charge in [0.1, 0.15) is 16.5 Å². The minimum absolute atomic E-state index is 0.0450. The molecule has 2 heterocycles. The van der Waals surface area contributed by atoms with Gasteiger partial charge in [-0.1, -0.05) is 11.6 Å². The van der Waals surface area contributed by atoms with Crippen molar-refractivity contribution in [1.29, 1.82) is 0 Å². The van der Waals surface area contributed by atoms with E-state index in [1.807, 2.05) is 26.0 Å². The van der Waals surface area contributed by atoms with Gasteiger partial charge in [-0.25, -0.2) is 4.68 Å². The van der Waals surface area contributed by atoms with Crippen molar-refractivity contribution < 1.29 is 9.52 Å². The molecule has 0 bridgehead atoms. The van der Waals surface area contributed by atoms with Gasteiger partial charge >= 0.3 is 0 Å². The summed E-state index contributed by atoms with van der Waals surface area (Å²) in [5.41, 5.74) is 0.000881. The fraction of sp³-hybridized carbons (Fsp3) is 0.385. The third kappa shape index (κ3) is 3.02. The summed E-state index contributed by atoms with van der Waals surface area (Å²) in [7, 11) is 0. The number of halogens is 1. The summed E-state index contributed by atoms with van der Waals surface area (Å²) in [5, 5.41) is 15.9. The summed E-state index contributed by atoms with van der Waals surface area (Å²) in [6.07, 6.45) is 1.46. The topological polar surface area (TPSA) is 80.3 Å². The lowest BCUT2D eigenvalue weighted by molar-refractivity contribution is 0.266. The van der Waals surface area contributed by atoms with Crippen LogP contribution in [0.4, 0.5) is 5.69 Å². The van der Waals surface area contributed by atoms with E-state index in [0.29, 0.717) is 5.69 Å². The minimum atomic E-state index is -0.437. The molecule has 20 heavy (non-hydrogen) atoms. The second-order valence-electron chi connectivity index (χ2n) is 4.44. The Hall–Kier alpha value is -1.79. The van der Waals surface area contributed by atoms with Crippen LogP contribution < -0.4 is 10.9 Å². The van der Waals surface area contributed by atoms with Crippen LogP contribution in [0.3, 0.4) is 0 Å². The molecule has 0 aliphatic heterocycles. The highest BCUT2D eigenvalue weighted by Crippen LogP contribution is 2.23. The number of aliphatic hydroxyl groups is 1. The first-order chi connectivity index (χ1) is 9.52. The van der Waals surface area contributed by atoms with Gasteiger partial charge in [-0.2, -0.15) is 5.10 Å². The monoisotopic (exact) mass is 297 g/mol. The number of anilines is 1. The van der Waals surface area contributed by atoms with Gasteiger partial charge in [0.15, 0.2) is 0 Å². The average Bonchev–Trinajstić information content (AvgIpc) is 2.85. The molecule has 7 heteroatoms. The molecule has 0 aromatic carbocycles. The molecule has 0 amide bonds. The number of hydrogen-bond donors (Lipinski definition) is 2. The molecule has 1 atom stereocenters. The summed E-state index contributed by atoms with van der Waals surface area (Å²) in [6, 6.07) is 3.59. The summed E-state index contributed by atoms with van der Waals surface area (Å²) in [4.78, 5) is 11.9. The number of aryl methyl sites for hydroxylation is 1. The van der Waals surface area contributed by atoms with E-state index in [9.17, 15) is 4.79 Å². The van der Waals surface area contributed by atoms with Crippen molar-refractivity contribution in [1.82, 2.24) is 9.78 Å². The van der Waals surface area contributed by atoms with Crippen LogP contribution in [0.15, 0.2) is 27.5 Å². The third-order valence-electron chi connectivity index (χ3n) is 2.86. The molecule has 2 rings (SSSR count). The maximum atomic E-state index is 11.9. The number of hydrogen-bond acceptors (Lipinski definition) is 5. The van der Waals surface area contributed by atoms with Crippen molar-refractivity contribution in [2.24, 2.45) is 0 Å². The van der Waals surface area contributed by atoms with Crippen LogP contribution in [0.2, 0.25) is 5.02 Å². The van der Waals surface area contributed by atoms with Crippen molar-refractivity contribution in [3.05, 3.63) is 45.2 Å². The minimum Gasteiger partial charge on any atom is -0.464 e. The van der Waals surface area contributed by atoms with Crippen LogP contribution in [0, 0.1) is 6.92 Å². The van der Waals surface area contributed by atoms with E-state index in [0.717, 1.165) is 16.2 Å². The van der Waals surface area contributed by atoms with E-state index in [1.54, 1.807) is 0 Å². The maximum absolute atomic E-state index is 11.9. The van der Waals surface area contributed by atoms with E-state index in [4.69, 9.17) is 21.1 Å². The Balaban J connectivity index is 2.22.